The van der Waals surface area contributed by atoms with E-state index in [2.05, 4.69) is 42.5 Å². The van der Waals surface area contributed by atoms with Crippen molar-refractivity contribution in [2.45, 2.75) is 12.8 Å². The molecule has 2 heteroatoms. The number of hydrogen-bond acceptors (Lipinski definition) is 2. The van der Waals surface area contributed by atoms with E-state index in [-0.39, 0.29) is 5.71 Å². The van der Waals surface area contributed by atoms with Gasteiger partial charge in [0.05, 0.1) is 5.71 Å². The molecular formula is C22H20N2. The van der Waals surface area contributed by atoms with Gasteiger partial charge in [0.25, 0.3) is 0 Å². The van der Waals surface area contributed by atoms with E-state index in [1.807, 2.05) is 36.4 Å². The van der Waals surface area contributed by atoms with E-state index < -0.39 is 0 Å². The average molecular weight is 312 g/mol. The zero-order valence-corrected chi connectivity index (χ0v) is 13.5. The Kier molecular flexibility index (Phi) is 4.97. The van der Waals surface area contributed by atoms with Gasteiger partial charge < -0.3 is 5.41 Å². The predicted molar refractivity (Wildman–Crippen MR) is 101 cm³/mol. The molecule has 3 rings (SSSR count). The predicted octanol–water partition coefficient (Wildman–Crippen LogP) is 4.89. The molecule has 0 aromatic heterocycles. The van der Waals surface area contributed by atoms with Gasteiger partial charge in [0.15, 0.2) is 0 Å². The second-order valence-corrected chi connectivity index (χ2v) is 5.83. The Morgan fingerprint density at radius 3 is 1.54 bits per heavy atom. The van der Waals surface area contributed by atoms with Crippen molar-refractivity contribution in [1.82, 2.24) is 0 Å². The highest BCUT2D eigenvalue weighted by atomic mass is 14.5. The minimum Gasteiger partial charge on any atom is -0.307 e. The van der Waals surface area contributed by atoms with Gasteiger partial charge in [-0.25, -0.2) is 0 Å². The maximum atomic E-state index is 8.25. The fraction of sp³-hybridized carbons (Fsp3) is 0.0909. The van der Waals surface area contributed by atoms with Crippen LogP contribution in [0.5, 0.6) is 0 Å². The molecule has 0 saturated heterocycles. The van der Waals surface area contributed by atoms with Crippen molar-refractivity contribution in [3.63, 3.8) is 0 Å². The Balaban J connectivity index is 2.01. The summed E-state index contributed by atoms with van der Waals surface area (Å²) in [4.78, 5) is 0. The van der Waals surface area contributed by atoms with Crippen molar-refractivity contribution in [1.29, 1.82) is 10.8 Å². The average Bonchev–Trinajstić information content (AvgIpc) is 2.63. The smallest absolute Gasteiger partial charge is 0.0793 e. The van der Waals surface area contributed by atoms with Gasteiger partial charge in [0, 0.05) is 11.8 Å². The van der Waals surface area contributed by atoms with E-state index in [0.29, 0.717) is 0 Å². The molecule has 0 radical (unpaired) electrons. The lowest BCUT2D eigenvalue weighted by molar-refractivity contribution is 1.12. The molecule has 0 aliphatic carbocycles. The summed E-state index contributed by atoms with van der Waals surface area (Å²) >= 11 is 0. The first-order valence-electron chi connectivity index (χ1n) is 8.06. The van der Waals surface area contributed by atoms with Gasteiger partial charge >= 0.3 is 0 Å². The Labute approximate surface area is 142 Å². The van der Waals surface area contributed by atoms with Crippen molar-refractivity contribution < 1.29 is 0 Å². The highest BCUT2D eigenvalue weighted by molar-refractivity contribution is 6.36. The third-order valence-corrected chi connectivity index (χ3v) is 4.13. The Morgan fingerprint density at radius 1 is 0.667 bits per heavy atom. The molecule has 24 heavy (non-hydrogen) atoms. The van der Waals surface area contributed by atoms with Crippen LogP contribution < -0.4 is 0 Å². The van der Waals surface area contributed by atoms with Crippen molar-refractivity contribution in [3.05, 3.63) is 107 Å². The summed E-state index contributed by atoms with van der Waals surface area (Å²) in [5.41, 5.74) is 5.79. The van der Waals surface area contributed by atoms with Crippen LogP contribution in [0.4, 0.5) is 0 Å². The van der Waals surface area contributed by atoms with Crippen molar-refractivity contribution in [2.75, 3.05) is 0 Å². The van der Waals surface area contributed by atoms with Gasteiger partial charge in [0.2, 0.25) is 0 Å². The van der Waals surface area contributed by atoms with Gasteiger partial charge in [-0.2, -0.15) is 0 Å². The van der Waals surface area contributed by atoms with Crippen molar-refractivity contribution in [2.24, 2.45) is 0 Å². The standard InChI is InChI=1S/C22H20N2/c23-16-21(24)22-19(14-17-8-3-1-4-9-17)12-7-13-20(22)15-18-10-5-2-6-11-18/h1-13,16,23-24H,14-15H2. The first kappa shape index (κ1) is 15.9. The number of nitrogens with one attached hydrogen (secondary N) is 2. The van der Waals surface area contributed by atoms with Gasteiger partial charge in [-0.3, -0.25) is 5.41 Å². The van der Waals surface area contributed by atoms with E-state index in [0.717, 1.165) is 35.7 Å². The van der Waals surface area contributed by atoms with Crippen molar-refractivity contribution >= 4 is 11.9 Å². The Hall–Kier alpha value is -3.00. The third-order valence-electron chi connectivity index (χ3n) is 4.13. The quantitative estimate of drug-likeness (QED) is 0.609. The van der Waals surface area contributed by atoms with Crippen LogP contribution in [0.15, 0.2) is 78.9 Å². The molecule has 3 aromatic rings. The van der Waals surface area contributed by atoms with Gasteiger partial charge in [0.1, 0.15) is 0 Å². The topological polar surface area (TPSA) is 47.7 Å². The van der Waals surface area contributed by atoms with Gasteiger partial charge in [-0.05, 0) is 35.1 Å². The highest BCUT2D eigenvalue weighted by Gasteiger charge is 2.13. The number of rotatable bonds is 6. The number of benzene rings is 3. The molecule has 3 aromatic carbocycles. The lowest BCUT2D eigenvalue weighted by atomic mass is 9.90. The summed E-state index contributed by atoms with van der Waals surface area (Å²) in [7, 11) is 0. The van der Waals surface area contributed by atoms with Crippen LogP contribution in [-0.2, 0) is 12.8 Å². The van der Waals surface area contributed by atoms with E-state index in [1.54, 1.807) is 0 Å². The summed E-state index contributed by atoms with van der Waals surface area (Å²) in [6, 6.07) is 26.7. The van der Waals surface area contributed by atoms with Crippen LogP contribution in [-0.4, -0.2) is 11.9 Å². The molecule has 0 aliphatic heterocycles. The second kappa shape index (κ2) is 7.51. The van der Waals surface area contributed by atoms with Crippen LogP contribution in [0.3, 0.4) is 0 Å². The highest BCUT2D eigenvalue weighted by Crippen LogP contribution is 2.21. The van der Waals surface area contributed by atoms with Crippen LogP contribution in [0.25, 0.3) is 0 Å². The van der Waals surface area contributed by atoms with Gasteiger partial charge in [-0.1, -0.05) is 78.9 Å². The first-order chi connectivity index (χ1) is 11.8. The fourth-order valence-corrected chi connectivity index (χ4v) is 3.00. The molecule has 2 N–H and O–H groups in total. The minimum absolute atomic E-state index is 0.271. The number of hydrogen-bond donors (Lipinski definition) is 2. The van der Waals surface area contributed by atoms with E-state index in [1.165, 1.54) is 11.1 Å². The maximum absolute atomic E-state index is 8.25. The summed E-state index contributed by atoms with van der Waals surface area (Å²) in [6.07, 6.45) is 2.68. The van der Waals surface area contributed by atoms with Crippen LogP contribution in [0.1, 0.15) is 27.8 Å². The zero-order chi connectivity index (χ0) is 16.8. The maximum Gasteiger partial charge on any atom is 0.0793 e. The Bertz CT molecular complexity index is 777. The molecule has 0 bridgehead atoms. The van der Waals surface area contributed by atoms with E-state index >= 15 is 0 Å². The fourth-order valence-electron chi connectivity index (χ4n) is 3.00. The van der Waals surface area contributed by atoms with Crippen molar-refractivity contribution in [3.8, 4) is 0 Å². The molecular weight excluding hydrogens is 292 g/mol. The molecule has 0 atom stereocenters. The van der Waals surface area contributed by atoms with E-state index in [4.69, 9.17) is 10.8 Å². The van der Waals surface area contributed by atoms with Crippen LogP contribution in [0.2, 0.25) is 0 Å². The largest absolute Gasteiger partial charge is 0.307 e. The lowest BCUT2D eigenvalue weighted by Crippen LogP contribution is -2.10. The minimum atomic E-state index is 0.271. The molecule has 118 valence electrons. The van der Waals surface area contributed by atoms with Crippen LogP contribution in [0, 0.1) is 10.8 Å². The third kappa shape index (κ3) is 3.66. The van der Waals surface area contributed by atoms with E-state index in [9.17, 15) is 0 Å². The molecule has 0 unspecified atom stereocenters. The molecule has 0 amide bonds. The first-order valence-corrected chi connectivity index (χ1v) is 8.06. The molecule has 0 fully saturated rings. The van der Waals surface area contributed by atoms with Crippen LogP contribution >= 0.6 is 0 Å². The monoisotopic (exact) mass is 312 g/mol. The summed E-state index contributed by atoms with van der Waals surface area (Å²) in [5.74, 6) is 0. The molecule has 0 saturated carbocycles. The lowest BCUT2D eigenvalue weighted by Gasteiger charge is -2.14. The molecule has 0 spiro atoms. The second-order valence-electron chi connectivity index (χ2n) is 5.83. The van der Waals surface area contributed by atoms with Gasteiger partial charge in [-0.15, -0.1) is 0 Å². The summed E-state index contributed by atoms with van der Waals surface area (Å²) in [5, 5.41) is 15.8. The SMILES string of the molecule is N=CC(=N)c1c(Cc2ccccc2)cccc1Cc1ccccc1. The summed E-state index contributed by atoms with van der Waals surface area (Å²) in [6.45, 7) is 0. The summed E-state index contributed by atoms with van der Waals surface area (Å²) < 4.78 is 0. The zero-order valence-electron chi connectivity index (χ0n) is 13.5. The Morgan fingerprint density at radius 2 is 1.12 bits per heavy atom. The molecule has 0 heterocycles. The molecule has 0 aliphatic rings. The molecule has 2 nitrogen and oxygen atoms in total. The normalized spacial score (nSPS) is 10.3.